The Bertz CT molecular complexity index is 493. The molecular formula is C9H8N2O2S. The molecule has 5 heteroatoms. The third kappa shape index (κ3) is 1.58. The quantitative estimate of drug-likeness (QED) is 0.655. The van der Waals surface area contributed by atoms with E-state index in [4.69, 9.17) is 5.11 Å². The number of hydrogen-bond donors (Lipinski definition) is 3. The van der Waals surface area contributed by atoms with Gasteiger partial charge in [-0.15, -0.1) is 12.6 Å². The Morgan fingerprint density at radius 2 is 2.36 bits per heavy atom. The van der Waals surface area contributed by atoms with Gasteiger partial charge in [-0.1, -0.05) is 0 Å². The Hall–Kier alpha value is -1.49. The van der Waals surface area contributed by atoms with Crippen molar-refractivity contribution in [2.45, 2.75) is 11.3 Å². The van der Waals surface area contributed by atoms with Gasteiger partial charge >= 0.3 is 5.97 Å². The number of imidazole rings is 1. The van der Waals surface area contributed by atoms with E-state index in [9.17, 15) is 4.79 Å². The number of aromatic amines is 1. The number of thiol groups is 1. The average Bonchev–Trinajstić information content (AvgIpc) is 2.51. The average molecular weight is 208 g/mol. The zero-order valence-corrected chi connectivity index (χ0v) is 8.08. The van der Waals surface area contributed by atoms with E-state index in [-0.39, 0.29) is 6.42 Å². The van der Waals surface area contributed by atoms with E-state index in [2.05, 4.69) is 22.6 Å². The van der Waals surface area contributed by atoms with E-state index in [1.54, 1.807) is 18.5 Å². The van der Waals surface area contributed by atoms with Gasteiger partial charge in [0.05, 0.1) is 23.8 Å². The van der Waals surface area contributed by atoms with Gasteiger partial charge in [-0.2, -0.15) is 0 Å². The Balaban J connectivity index is 2.53. The van der Waals surface area contributed by atoms with Crippen LogP contribution in [0.25, 0.3) is 11.0 Å². The first-order chi connectivity index (χ1) is 6.66. The highest BCUT2D eigenvalue weighted by Gasteiger charge is 2.07. The standard InChI is InChI=1S/C9H8N2O2S/c12-9(13)2-5-1-6-7(3-8(5)14)11-4-10-6/h1,3-4,14H,2H2,(H,10,11)(H,12,13). The molecule has 0 spiro atoms. The third-order valence-corrected chi connectivity index (χ3v) is 2.38. The molecule has 2 aromatic rings. The van der Waals surface area contributed by atoms with Crippen molar-refractivity contribution in [1.82, 2.24) is 9.97 Å². The van der Waals surface area contributed by atoms with Crippen LogP contribution in [-0.4, -0.2) is 21.0 Å². The first-order valence-corrected chi connectivity index (χ1v) is 4.48. The number of H-pyrrole nitrogens is 1. The zero-order chi connectivity index (χ0) is 10.1. The van der Waals surface area contributed by atoms with Crippen molar-refractivity contribution in [3.8, 4) is 0 Å². The van der Waals surface area contributed by atoms with Gasteiger partial charge in [-0.05, 0) is 17.7 Å². The molecule has 1 heterocycles. The van der Waals surface area contributed by atoms with E-state index < -0.39 is 5.97 Å². The first kappa shape index (κ1) is 9.08. The minimum Gasteiger partial charge on any atom is -0.481 e. The van der Waals surface area contributed by atoms with Gasteiger partial charge in [0.15, 0.2) is 0 Å². The lowest BCUT2D eigenvalue weighted by Crippen LogP contribution is -2.00. The zero-order valence-electron chi connectivity index (χ0n) is 7.19. The Kier molecular flexibility index (Phi) is 2.17. The summed E-state index contributed by atoms with van der Waals surface area (Å²) in [7, 11) is 0. The second-order valence-electron chi connectivity index (χ2n) is 2.97. The summed E-state index contributed by atoms with van der Waals surface area (Å²) in [5, 5.41) is 8.65. The van der Waals surface area contributed by atoms with Crippen molar-refractivity contribution in [3.63, 3.8) is 0 Å². The number of carboxylic acid groups (broad SMARTS) is 1. The SMILES string of the molecule is O=C(O)Cc1cc2[nH]cnc2cc1S. The van der Waals surface area contributed by atoms with Gasteiger partial charge < -0.3 is 10.1 Å². The highest BCUT2D eigenvalue weighted by atomic mass is 32.1. The predicted octanol–water partition coefficient (Wildman–Crippen LogP) is 1.48. The molecule has 0 unspecified atom stereocenters. The fourth-order valence-electron chi connectivity index (χ4n) is 1.32. The van der Waals surface area contributed by atoms with Crippen LogP contribution in [0.15, 0.2) is 23.4 Å². The van der Waals surface area contributed by atoms with Crippen molar-refractivity contribution < 1.29 is 9.90 Å². The van der Waals surface area contributed by atoms with Crippen molar-refractivity contribution in [2.24, 2.45) is 0 Å². The predicted molar refractivity (Wildman–Crippen MR) is 54.7 cm³/mol. The Morgan fingerprint density at radius 1 is 1.57 bits per heavy atom. The summed E-state index contributed by atoms with van der Waals surface area (Å²) < 4.78 is 0. The van der Waals surface area contributed by atoms with Gasteiger partial charge in [0.1, 0.15) is 0 Å². The van der Waals surface area contributed by atoms with Crippen LogP contribution in [0.3, 0.4) is 0 Å². The molecule has 0 amide bonds. The summed E-state index contributed by atoms with van der Waals surface area (Å²) in [4.78, 5) is 18.2. The van der Waals surface area contributed by atoms with Crippen LogP contribution in [0, 0.1) is 0 Å². The lowest BCUT2D eigenvalue weighted by atomic mass is 10.1. The van der Waals surface area contributed by atoms with Gasteiger partial charge in [-0.3, -0.25) is 4.79 Å². The van der Waals surface area contributed by atoms with Gasteiger partial charge in [0, 0.05) is 4.90 Å². The van der Waals surface area contributed by atoms with Crippen LogP contribution in [-0.2, 0) is 11.2 Å². The second kappa shape index (κ2) is 3.34. The molecule has 2 N–H and O–H groups in total. The number of rotatable bonds is 2. The lowest BCUT2D eigenvalue weighted by molar-refractivity contribution is -0.136. The number of hydrogen-bond acceptors (Lipinski definition) is 3. The summed E-state index contributed by atoms with van der Waals surface area (Å²) in [5.74, 6) is -0.862. The third-order valence-electron chi connectivity index (χ3n) is 1.96. The topological polar surface area (TPSA) is 66.0 Å². The normalized spacial score (nSPS) is 10.6. The molecule has 0 aliphatic carbocycles. The molecule has 4 nitrogen and oxygen atoms in total. The van der Waals surface area contributed by atoms with Crippen molar-refractivity contribution in [2.75, 3.05) is 0 Å². The monoisotopic (exact) mass is 208 g/mol. The summed E-state index contributed by atoms with van der Waals surface area (Å²) >= 11 is 4.21. The molecule has 0 aliphatic heterocycles. The molecule has 1 aromatic heterocycles. The lowest BCUT2D eigenvalue weighted by Gasteiger charge is -2.01. The maximum absolute atomic E-state index is 10.5. The summed E-state index contributed by atoms with van der Waals surface area (Å²) in [6.07, 6.45) is 1.55. The molecule has 0 radical (unpaired) electrons. The summed E-state index contributed by atoms with van der Waals surface area (Å²) in [6, 6.07) is 3.52. The van der Waals surface area contributed by atoms with Crippen molar-refractivity contribution in [3.05, 3.63) is 24.0 Å². The Labute approximate surface area is 85.4 Å². The number of aromatic nitrogens is 2. The fourth-order valence-corrected chi connectivity index (χ4v) is 1.59. The number of carboxylic acids is 1. The van der Waals surface area contributed by atoms with Gasteiger partial charge in [-0.25, -0.2) is 4.98 Å². The summed E-state index contributed by atoms with van der Waals surface area (Å²) in [5.41, 5.74) is 2.32. The van der Waals surface area contributed by atoms with Crippen LogP contribution in [0.5, 0.6) is 0 Å². The van der Waals surface area contributed by atoms with E-state index in [0.29, 0.717) is 10.5 Å². The molecule has 2 rings (SSSR count). The van der Waals surface area contributed by atoms with E-state index in [1.165, 1.54) is 0 Å². The van der Waals surface area contributed by atoms with E-state index in [0.717, 1.165) is 11.0 Å². The van der Waals surface area contributed by atoms with Crippen molar-refractivity contribution in [1.29, 1.82) is 0 Å². The fraction of sp³-hybridized carbons (Fsp3) is 0.111. The maximum Gasteiger partial charge on any atom is 0.307 e. The van der Waals surface area contributed by atoms with Gasteiger partial charge in [0.2, 0.25) is 0 Å². The van der Waals surface area contributed by atoms with E-state index >= 15 is 0 Å². The number of nitrogens with one attached hydrogen (secondary N) is 1. The molecule has 14 heavy (non-hydrogen) atoms. The first-order valence-electron chi connectivity index (χ1n) is 4.03. The molecule has 0 bridgehead atoms. The number of aliphatic carboxylic acids is 1. The molecule has 1 aromatic carbocycles. The number of benzene rings is 1. The van der Waals surface area contributed by atoms with Crippen LogP contribution in [0.4, 0.5) is 0 Å². The Morgan fingerprint density at radius 3 is 3.07 bits per heavy atom. The molecule has 0 saturated heterocycles. The minimum absolute atomic E-state index is 0.0200. The summed E-state index contributed by atoms with van der Waals surface area (Å²) in [6.45, 7) is 0. The second-order valence-corrected chi connectivity index (χ2v) is 3.45. The van der Waals surface area contributed by atoms with Crippen LogP contribution >= 0.6 is 12.6 Å². The maximum atomic E-state index is 10.5. The number of nitrogens with zero attached hydrogens (tertiary/aromatic N) is 1. The number of fused-ring (bicyclic) bond motifs is 1. The van der Waals surface area contributed by atoms with Crippen LogP contribution in [0.2, 0.25) is 0 Å². The highest BCUT2D eigenvalue weighted by molar-refractivity contribution is 7.80. The van der Waals surface area contributed by atoms with E-state index in [1.807, 2.05) is 0 Å². The molecule has 0 aliphatic rings. The smallest absolute Gasteiger partial charge is 0.307 e. The molecular weight excluding hydrogens is 200 g/mol. The largest absolute Gasteiger partial charge is 0.481 e. The molecule has 0 fully saturated rings. The van der Waals surface area contributed by atoms with Crippen LogP contribution in [0.1, 0.15) is 5.56 Å². The van der Waals surface area contributed by atoms with Gasteiger partial charge in [0.25, 0.3) is 0 Å². The molecule has 0 saturated carbocycles. The molecule has 72 valence electrons. The number of carbonyl (C=O) groups is 1. The van der Waals surface area contributed by atoms with Crippen molar-refractivity contribution >= 4 is 29.6 Å². The highest BCUT2D eigenvalue weighted by Crippen LogP contribution is 2.20. The van der Waals surface area contributed by atoms with Crippen LogP contribution < -0.4 is 0 Å². The molecule has 0 atom stereocenters. The minimum atomic E-state index is -0.862.